The van der Waals surface area contributed by atoms with Gasteiger partial charge in [-0.1, -0.05) is 72.4 Å². The molecule has 2 aromatic heterocycles. The molecule has 0 saturated heterocycles. The van der Waals surface area contributed by atoms with E-state index in [0.717, 1.165) is 22.2 Å². The van der Waals surface area contributed by atoms with Gasteiger partial charge in [0.15, 0.2) is 11.0 Å². The number of carbonyl (C=O) groups is 1. The Morgan fingerprint density at radius 2 is 1.75 bits per heavy atom. The molecule has 5 aromatic rings. The minimum absolute atomic E-state index is 0.0713. The smallest absolute Gasteiger partial charge is 0.234 e. The van der Waals surface area contributed by atoms with Crippen LogP contribution in [0.4, 0.5) is 5.69 Å². The van der Waals surface area contributed by atoms with E-state index in [2.05, 4.69) is 61.9 Å². The predicted octanol–water partition coefficient (Wildman–Crippen LogP) is 5.94. The summed E-state index contributed by atoms with van der Waals surface area (Å²) in [5, 5.41) is 19.1. The van der Waals surface area contributed by atoms with Crippen molar-refractivity contribution in [2.45, 2.75) is 11.7 Å². The van der Waals surface area contributed by atoms with Crippen molar-refractivity contribution in [3.05, 3.63) is 95.2 Å². The van der Waals surface area contributed by atoms with Crippen molar-refractivity contribution in [1.82, 2.24) is 14.8 Å². The van der Waals surface area contributed by atoms with Crippen molar-refractivity contribution in [1.29, 1.82) is 0 Å². The van der Waals surface area contributed by atoms with Crippen LogP contribution in [0.15, 0.2) is 94.8 Å². The number of carbonyl (C=O) groups excluding carboxylic acids is 1. The molecule has 7 heteroatoms. The molecule has 158 valence electrons. The number of thiophene rings is 1. The zero-order valence-corrected chi connectivity index (χ0v) is 18.8. The van der Waals surface area contributed by atoms with E-state index in [-0.39, 0.29) is 11.7 Å². The van der Waals surface area contributed by atoms with Crippen molar-refractivity contribution >= 4 is 45.5 Å². The molecule has 0 unspecified atom stereocenters. The highest BCUT2D eigenvalue weighted by molar-refractivity contribution is 7.99. The summed E-state index contributed by atoms with van der Waals surface area (Å²) in [6.07, 6.45) is 0. The number of nitrogens with one attached hydrogen (secondary N) is 1. The van der Waals surface area contributed by atoms with Crippen LogP contribution < -0.4 is 5.32 Å². The lowest BCUT2D eigenvalue weighted by Crippen LogP contribution is -2.14. The quantitative estimate of drug-likeness (QED) is 0.308. The summed E-state index contributed by atoms with van der Waals surface area (Å²) in [6, 6.07) is 26.2. The normalized spacial score (nSPS) is 11.0. The highest BCUT2D eigenvalue weighted by Gasteiger charge is 2.17. The molecule has 1 amide bonds. The van der Waals surface area contributed by atoms with Crippen LogP contribution in [0.5, 0.6) is 0 Å². The maximum Gasteiger partial charge on any atom is 0.234 e. The van der Waals surface area contributed by atoms with Gasteiger partial charge in [-0.3, -0.25) is 9.36 Å². The van der Waals surface area contributed by atoms with Crippen LogP contribution in [-0.2, 0) is 11.3 Å². The van der Waals surface area contributed by atoms with Gasteiger partial charge in [0.05, 0.1) is 12.3 Å². The molecule has 5 nitrogen and oxygen atoms in total. The lowest BCUT2D eigenvalue weighted by molar-refractivity contribution is -0.113. The first-order valence-electron chi connectivity index (χ1n) is 10.2. The van der Waals surface area contributed by atoms with Gasteiger partial charge >= 0.3 is 0 Å². The van der Waals surface area contributed by atoms with Gasteiger partial charge in [0.2, 0.25) is 5.91 Å². The summed E-state index contributed by atoms with van der Waals surface area (Å²) < 4.78 is 2.10. The van der Waals surface area contributed by atoms with Crippen molar-refractivity contribution < 1.29 is 4.79 Å². The molecule has 0 radical (unpaired) electrons. The third kappa shape index (κ3) is 4.44. The van der Waals surface area contributed by atoms with E-state index in [1.54, 1.807) is 11.3 Å². The average molecular weight is 457 g/mol. The highest BCUT2D eigenvalue weighted by atomic mass is 32.2. The Hall–Kier alpha value is -3.42. The number of thioether (sulfide) groups is 1. The van der Waals surface area contributed by atoms with E-state index in [0.29, 0.717) is 6.54 Å². The van der Waals surface area contributed by atoms with E-state index in [4.69, 9.17) is 0 Å². The van der Waals surface area contributed by atoms with E-state index >= 15 is 0 Å². The number of nitrogens with zero attached hydrogens (tertiary/aromatic N) is 3. The Morgan fingerprint density at radius 1 is 0.938 bits per heavy atom. The summed E-state index contributed by atoms with van der Waals surface area (Å²) in [6.45, 7) is 0.627. The van der Waals surface area contributed by atoms with Crippen LogP contribution in [0.25, 0.3) is 22.2 Å². The number of aromatic nitrogens is 3. The fraction of sp³-hybridized carbons (Fsp3) is 0.0800. The third-order valence-corrected chi connectivity index (χ3v) is 6.74. The largest absolute Gasteiger partial charge is 0.325 e. The van der Waals surface area contributed by atoms with Gasteiger partial charge in [0.25, 0.3) is 0 Å². The fourth-order valence-corrected chi connectivity index (χ4v) is 4.96. The molecule has 0 fully saturated rings. The Morgan fingerprint density at radius 3 is 2.59 bits per heavy atom. The molecule has 5 rings (SSSR count). The third-order valence-electron chi connectivity index (χ3n) is 5.09. The molecule has 0 atom stereocenters. The number of amides is 1. The monoisotopic (exact) mass is 456 g/mol. The average Bonchev–Trinajstić information content (AvgIpc) is 3.49. The number of para-hydroxylation sites is 1. The minimum Gasteiger partial charge on any atom is -0.325 e. The Balaban J connectivity index is 1.43. The van der Waals surface area contributed by atoms with Crippen LogP contribution in [0, 0.1) is 0 Å². The molecule has 0 aliphatic heterocycles. The molecular weight excluding hydrogens is 436 g/mol. The van der Waals surface area contributed by atoms with Crippen LogP contribution >= 0.6 is 23.1 Å². The zero-order valence-electron chi connectivity index (χ0n) is 17.1. The molecule has 0 aliphatic rings. The van der Waals surface area contributed by atoms with Gasteiger partial charge in [-0.25, -0.2) is 0 Å². The summed E-state index contributed by atoms with van der Waals surface area (Å²) in [5.74, 6) is 0.995. The van der Waals surface area contributed by atoms with Crippen LogP contribution in [-0.4, -0.2) is 26.4 Å². The van der Waals surface area contributed by atoms with Gasteiger partial charge in [0.1, 0.15) is 0 Å². The van der Waals surface area contributed by atoms with Gasteiger partial charge in [-0.2, -0.15) is 11.3 Å². The second-order valence-corrected chi connectivity index (χ2v) is 8.97. The molecule has 0 saturated carbocycles. The molecule has 32 heavy (non-hydrogen) atoms. The molecule has 1 N–H and O–H groups in total. The van der Waals surface area contributed by atoms with E-state index in [9.17, 15) is 4.79 Å². The maximum absolute atomic E-state index is 12.5. The van der Waals surface area contributed by atoms with Crippen molar-refractivity contribution in [3.63, 3.8) is 0 Å². The Kier molecular flexibility index (Phi) is 6.00. The number of hydrogen-bond donors (Lipinski definition) is 1. The number of anilines is 1. The standard InChI is InChI=1S/C25H20N4OS2/c30-23(26-21-10-2-1-3-11-21)17-32-25-28-27-24(20-13-14-31-16-20)29(25)15-19-9-6-8-18-7-4-5-12-22(18)19/h1-14,16H,15,17H2,(H,26,30). The fourth-order valence-electron chi connectivity index (χ4n) is 3.59. The molecule has 0 spiro atoms. The van der Waals surface area contributed by atoms with Gasteiger partial charge in [-0.05, 0) is 39.9 Å². The molecule has 0 aliphatic carbocycles. The minimum atomic E-state index is -0.0713. The summed E-state index contributed by atoms with van der Waals surface area (Å²) >= 11 is 3.03. The summed E-state index contributed by atoms with van der Waals surface area (Å²) in [4.78, 5) is 12.5. The first-order chi connectivity index (χ1) is 15.8. The first kappa shape index (κ1) is 20.5. The first-order valence-corrected chi connectivity index (χ1v) is 12.1. The Labute approximate surface area is 194 Å². The molecular formula is C25H20N4OS2. The highest BCUT2D eigenvalue weighted by Crippen LogP contribution is 2.28. The van der Waals surface area contributed by atoms with E-state index in [1.165, 1.54) is 28.1 Å². The molecule has 2 heterocycles. The van der Waals surface area contributed by atoms with Crippen LogP contribution in [0.3, 0.4) is 0 Å². The number of rotatable bonds is 7. The van der Waals surface area contributed by atoms with Crippen LogP contribution in [0.1, 0.15) is 5.56 Å². The predicted molar refractivity (Wildman–Crippen MR) is 132 cm³/mol. The SMILES string of the molecule is O=C(CSc1nnc(-c2ccsc2)n1Cc1cccc2ccccc12)Nc1ccccc1. The van der Waals surface area contributed by atoms with Crippen LogP contribution in [0.2, 0.25) is 0 Å². The summed E-state index contributed by atoms with van der Waals surface area (Å²) in [5.41, 5.74) is 3.01. The van der Waals surface area contributed by atoms with Crippen molar-refractivity contribution in [2.75, 3.05) is 11.1 Å². The van der Waals surface area contributed by atoms with E-state index in [1.807, 2.05) is 47.8 Å². The topological polar surface area (TPSA) is 59.8 Å². The van der Waals surface area contributed by atoms with Crippen molar-refractivity contribution in [2.24, 2.45) is 0 Å². The molecule has 0 bridgehead atoms. The lowest BCUT2D eigenvalue weighted by atomic mass is 10.0. The molecule has 3 aromatic carbocycles. The lowest BCUT2D eigenvalue weighted by Gasteiger charge is -2.12. The maximum atomic E-state index is 12.5. The second-order valence-electron chi connectivity index (χ2n) is 7.25. The van der Waals surface area contributed by atoms with Crippen molar-refractivity contribution in [3.8, 4) is 11.4 Å². The number of hydrogen-bond acceptors (Lipinski definition) is 5. The summed E-state index contributed by atoms with van der Waals surface area (Å²) in [7, 11) is 0. The van der Waals surface area contributed by atoms with Gasteiger partial charge in [0, 0.05) is 16.6 Å². The van der Waals surface area contributed by atoms with Gasteiger partial charge < -0.3 is 5.32 Å². The van der Waals surface area contributed by atoms with E-state index < -0.39 is 0 Å². The zero-order chi connectivity index (χ0) is 21.8. The number of fused-ring (bicyclic) bond motifs is 1. The van der Waals surface area contributed by atoms with Gasteiger partial charge in [-0.15, -0.1) is 10.2 Å². The second kappa shape index (κ2) is 9.38. The number of benzene rings is 3. The Bertz CT molecular complexity index is 1340.